The summed E-state index contributed by atoms with van der Waals surface area (Å²) in [6.07, 6.45) is 0.448. The summed E-state index contributed by atoms with van der Waals surface area (Å²) < 4.78 is 44.5. The first kappa shape index (κ1) is 25.3. The highest BCUT2D eigenvalue weighted by Gasteiger charge is 2.31. The molecule has 5 rings (SSSR count). The predicted octanol–water partition coefficient (Wildman–Crippen LogP) is 6.28. The summed E-state index contributed by atoms with van der Waals surface area (Å²) in [5.74, 6) is 0.207. The van der Waals surface area contributed by atoms with Gasteiger partial charge in [0, 0.05) is 16.8 Å². The Balaban J connectivity index is 1.69. The Morgan fingerprint density at radius 1 is 1.11 bits per heavy atom. The van der Waals surface area contributed by atoms with E-state index in [1.165, 1.54) is 21.8 Å². The number of hydrogen-bond acceptors (Lipinski definition) is 4. The molecular weight excluding hydrogens is 548 g/mol. The van der Waals surface area contributed by atoms with Crippen molar-refractivity contribution in [2.45, 2.75) is 26.2 Å². The number of benzene rings is 2. The molecule has 2 aromatic carbocycles. The molecule has 0 saturated heterocycles. The van der Waals surface area contributed by atoms with Gasteiger partial charge < -0.3 is 5.11 Å². The quantitative estimate of drug-likeness (QED) is 0.255. The molecule has 3 aromatic heterocycles. The van der Waals surface area contributed by atoms with Gasteiger partial charge in [-0.2, -0.15) is 22.1 Å². The van der Waals surface area contributed by atoms with Gasteiger partial charge in [-0.1, -0.05) is 47.5 Å². The molecule has 12 heteroatoms. The number of rotatable bonds is 5. The lowest BCUT2D eigenvalue weighted by Gasteiger charge is -2.12. The molecule has 37 heavy (non-hydrogen) atoms. The van der Waals surface area contributed by atoms with E-state index >= 15 is 0 Å². The van der Waals surface area contributed by atoms with E-state index in [0.717, 1.165) is 17.0 Å². The number of imidazole rings is 1. The predicted molar refractivity (Wildman–Crippen MR) is 136 cm³/mol. The van der Waals surface area contributed by atoms with E-state index in [1.807, 2.05) is 11.5 Å². The number of nitrogens with zero attached hydrogens (tertiary/aromatic N) is 4. The largest absolute Gasteiger partial charge is 0.483 e. The summed E-state index contributed by atoms with van der Waals surface area (Å²) in [7, 11) is 0. The fourth-order valence-electron chi connectivity index (χ4n) is 4.23. The molecule has 0 saturated carbocycles. The van der Waals surface area contributed by atoms with E-state index < -0.39 is 17.3 Å². The normalized spacial score (nSPS) is 11.9. The van der Waals surface area contributed by atoms with Gasteiger partial charge >= 0.3 is 17.5 Å². The number of aromatic hydroxyl groups is 1. The summed E-state index contributed by atoms with van der Waals surface area (Å²) in [5.41, 5.74) is -0.0385. The number of thiazole rings is 1. The minimum absolute atomic E-state index is 0.0341. The highest BCUT2D eigenvalue weighted by molar-refractivity contribution is 7.15. The smallest absolute Gasteiger partial charge is 0.416 e. The van der Waals surface area contributed by atoms with Gasteiger partial charge in [0.2, 0.25) is 0 Å². The third-order valence-electron chi connectivity index (χ3n) is 5.96. The molecule has 0 radical (unpaired) electrons. The molecule has 0 unspecified atom stereocenters. The van der Waals surface area contributed by atoms with Crippen molar-refractivity contribution in [3.05, 3.63) is 91.3 Å². The van der Waals surface area contributed by atoms with Crippen LogP contribution >= 0.6 is 34.5 Å². The molecule has 0 aliphatic heterocycles. The highest BCUT2D eigenvalue weighted by atomic mass is 35.5. The number of hydrogen-bond donors (Lipinski definition) is 1. The first-order valence-electron chi connectivity index (χ1n) is 11.0. The zero-order chi connectivity index (χ0) is 26.5. The Bertz CT molecular complexity index is 1710. The summed E-state index contributed by atoms with van der Waals surface area (Å²) >= 11 is 13.5. The average Bonchev–Trinajstić information content (AvgIpc) is 3.47. The van der Waals surface area contributed by atoms with Crippen LogP contribution in [0.15, 0.2) is 65.8 Å². The maximum atomic E-state index is 13.6. The molecule has 0 spiro atoms. The van der Waals surface area contributed by atoms with Gasteiger partial charge in [0.1, 0.15) is 18.3 Å². The minimum atomic E-state index is -4.52. The van der Waals surface area contributed by atoms with Crippen LogP contribution in [0, 0.1) is 0 Å². The van der Waals surface area contributed by atoms with E-state index in [1.54, 1.807) is 47.4 Å². The summed E-state index contributed by atoms with van der Waals surface area (Å²) in [6.45, 7) is 2.68. The van der Waals surface area contributed by atoms with Crippen molar-refractivity contribution in [2.75, 3.05) is 0 Å². The summed E-state index contributed by atoms with van der Waals surface area (Å²) in [5, 5.41) is 11.3. The third kappa shape index (κ3) is 4.60. The number of fused-ring (bicyclic) bond motifs is 1. The van der Waals surface area contributed by atoms with E-state index in [9.17, 15) is 23.1 Å². The van der Waals surface area contributed by atoms with E-state index in [4.69, 9.17) is 23.2 Å². The van der Waals surface area contributed by atoms with E-state index in [-0.39, 0.29) is 23.0 Å². The Kier molecular flexibility index (Phi) is 6.51. The van der Waals surface area contributed by atoms with Crippen LogP contribution in [0.3, 0.4) is 0 Å². The van der Waals surface area contributed by atoms with Crippen molar-refractivity contribution in [2.24, 2.45) is 0 Å². The molecular formula is C25H18Cl2F3N4O2S+. The second-order valence-corrected chi connectivity index (χ2v) is 10.3. The molecule has 5 aromatic rings. The molecule has 0 aliphatic rings. The monoisotopic (exact) mass is 565 g/mol. The first-order valence-corrected chi connectivity index (χ1v) is 12.6. The average molecular weight is 566 g/mol. The number of alkyl halides is 3. The number of aromatic nitrogens is 4. The first-order chi connectivity index (χ1) is 17.6. The lowest BCUT2D eigenvalue weighted by Crippen LogP contribution is -2.42. The lowest BCUT2D eigenvalue weighted by molar-refractivity contribution is -0.673. The second kappa shape index (κ2) is 9.51. The zero-order valence-electron chi connectivity index (χ0n) is 19.1. The van der Waals surface area contributed by atoms with E-state index in [0.29, 0.717) is 33.5 Å². The number of halogens is 5. The van der Waals surface area contributed by atoms with Gasteiger partial charge in [-0.05, 0) is 36.2 Å². The topological polar surface area (TPSA) is 63.4 Å². The van der Waals surface area contributed by atoms with Gasteiger partial charge in [-0.25, -0.2) is 14.3 Å². The fraction of sp³-hybridized carbons (Fsp3) is 0.160. The van der Waals surface area contributed by atoms with Crippen molar-refractivity contribution >= 4 is 40.3 Å². The molecule has 1 N–H and O–H groups in total. The van der Waals surface area contributed by atoms with Crippen LogP contribution in [0.25, 0.3) is 28.0 Å². The van der Waals surface area contributed by atoms with Gasteiger partial charge in [-0.3, -0.25) is 0 Å². The summed E-state index contributed by atoms with van der Waals surface area (Å²) in [4.78, 5) is 18.4. The zero-order valence-corrected chi connectivity index (χ0v) is 21.5. The Morgan fingerprint density at radius 2 is 1.86 bits per heavy atom. The third-order valence-corrected chi connectivity index (χ3v) is 7.37. The second-order valence-electron chi connectivity index (χ2n) is 8.20. The molecule has 0 fully saturated rings. The Morgan fingerprint density at radius 3 is 2.51 bits per heavy atom. The van der Waals surface area contributed by atoms with Crippen molar-refractivity contribution in [1.29, 1.82) is 0 Å². The van der Waals surface area contributed by atoms with Crippen LogP contribution < -0.4 is 10.1 Å². The molecule has 190 valence electrons. The molecule has 0 amide bonds. The fourth-order valence-corrected chi connectivity index (χ4v) is 5.49. The van der Waals surface area contributed by atoms with E-state index in [2.05, 4.69) is 4.98 Å². The van der Waals surface area contributed by atoms with Gasteiger partial charge in [0.05, 0.1) is 23.2 Å². The Labute approximate surface area is 222 Å². The molecule has 0 bridgehead atoms. The van der Waals surface area contributed by atoms with Crippen molar-refractivity contribution in [3.63, 3.8) is 0 Å². The van der Waals surface area contributed by atoms with Gasteiger partial charge in [-0.15, -0.1) is 11.3 Å². The summed E-state index contributed by atoms with van der Waals surface area (Å²) in [6, 6.07) is 9.69. The van der Waals surface area contributed by atoms with Crippen molar-refractivity contribution in [3.8, 4) is 28.1 Å². The van der Waals surface area contributed by atoms with Crippen LogP contribution in [-0.2, 0) is 19.3 Å². The van der Waals surface area contributed by atoms with Gasteiger partial charge in [0.15, 0.2) is 4.47 Å². The van der Waals surface area contributed by atoms with Crippen LogP contribution in [0.2, 0.25) is 9.49 Å². The standard InChI is InChI=1S/C25H17Cl2F3N4O2S/c1-2-32-8-9-33-21(35)20(22(36)34(24(32)33)13-17-12-31-23(27)37-17)15-5-3-4-14(10-15)18-7-6-16(11-19(18)26)25(28,29)30/h3-12H,2,13H2,1H3/p+1. The molecule has 6 nitrogen and oxygen atoms in total. The Hall–Kier alpha value is -3.34. The van der Waals surface area contributed by atoms with Crippen molar-refractivity contribution in [1.82, 2.24) is 14.0 Å². The molecule has 3 heterocycles. The van der Waals surface area contributed by atoms with Crippen LogP contribution in [0.1, 0.15) is 17.4 Å². The maximum Gasteiger partial charge on any atom is 0.416 e. The highest BCUT2D eigenvalue weighted by Crippen LogP contribution is 2.37. The number of aryl methyl sites for hydroxylation is 1. The van der Waals surface area contributed by atoms with Crippen LogP contribution in [0.4, 0.5) is 13.2 Å². The molecule has 0 aliphatic carbocycles. The molecule has 0 atom stereocenters. The minimum Gasteiger partial charge on any atom is -0.483 e. The lowest BCUT2D eigenvalue weighted by atomic mass is 9.99. The van der Waals surface area contributed by atoms with Gasteiger partial charge in [0.25, 0.3) is 5.88 Å². The SMILES string of the molecule is CCn1ccn2c(=O)c(-c3cccc(-c4ccc(C(F)(F)F)cc4Cl)c3)c(O)[n+](Cc3cnc(Cl)s3)c12. The maximum absolute atomic E-state index is 13.6. The van der Waals surface area contributed by atoms with Crippen molar-refractivity contribution < 1.29 is 22.8 Å². The van der Waals surface area contributed by atoms with Crippen LogP contribution in [0.5, 0.6) is 5.88 Å². The van der Waals surface area contributed by atoms with Crippen LogP contribution in [-0.4, -0.2) is 19.1 Å².